The fraction of sp³-hybridized carbons (Fsp3) is 0.333. The predicted octanol–water partition coefficient (Wildman–Crippen LogP) is -0.542. The number of thioether (sulfide) groups is 1. The van der Waals surface area contributed by atoms with Crippen LogP contribution in [-0.4, -0.2) is 34.8 Å². The molecule has 2 rings (SSSR count). The van der Waals surface area contributed by atoms with E-state index in [2.05, 4.69) is 4.99 Å². The van der Waals surface area contributed by atoms with Gasteiger partial charge in [-0.1, -0.05) is 6.07 Å². The second kappa shape index (κ2) is 5.91. The molecule has 0 aromatic heterocycles. The van der Waals surface area contributed by atoms with Crippen molar-refractivity contribution in [3.8, 4) is 0 Å². The predicted molar refractivity (Wildman–Crippen MR) is 77.5 cm³/mol. The molecule has 1 unspecified atom stereocenters. The van der Waals surface area contributed by atoms with Gasteiger partial charge in [-0.3, -0.25) is 25.6 Å². The molecule has 0 saturated carbocycles. The molecule has 8 heteroatoms. The van der Waals surface area contributed by atoms with Crippen molar-refractivity contribution in [1.82, 2.24) is 0 Å². The number of nitro benzene ring substituents is 1. The largest absolute Gasteiger partial charge is 0.311 e. The quantitative estimate of drug-likeness (QED) is 0.337. The lowest BCUT2D eigenvalue weighted by Crippen LogP contribution is -2.70. The van der Waals surface area contributed by atoms with E-state index in [0.717, 1.165) is 0 Å². The maximum absolute atomic E-state index is 12.3. The van der Waals surface area contributed by atoms with Crippen molar-refractivity contribution < 1.29 is 14.7 Å². The number of non-ortho nitro benzene ring substituents is 1. The van der Waals surface area contributed by atoms with E-state index in [9.17, 15) is 14.9 Å². The van der Waals surface area contributed by atoms with Gasteiger partial charge in [0.05, 0.1) is 22.9 Å². The molecule has 1 amide bonds. The van der Waals surface area contributed by atoms with Gasteiger partial charge in [-0.05, 0) is 24.2 Å². The Kier molecular flexibility index (Phi) is 4.23. The van der Waals surface area contributed by atoms with E-state index in [0.29, 0.717) is 23.8 Å². The summed E-state index contributed by atoms with van der Waals surface area (Å²) < 4.78 is 0. The molecule has 0 bridgehead atoms. The summed E-state index contributed by atoms with van der Waals surface area (Å²) in [6, 6.07) is 6.09. The van der Waals surface area contributed by atoms with Crippen LogP contribution in [0, 0.1) is 10.1 Å². The summed E-state index contributed by atoms with van der Waals surface area (Å²) >= 11 is 1.28. The monoisotopic (exact) mass is 295 g/mol. The van der Waals surface area contributed by atoms with Crippen LogP contribution in [0.1, 0.15) is 6.42 Å². The molecule has 106 valence electrons. The Hall–Kier alpha value is -2.09. The van der Waals surface area contributed by atoms with Crippen LogP contribution in [0.5, 0.6) is 0 Å². The van der Waals surface area contributed by atoms with Crippen LogP contribution in [0.25, 0.3) is 0 Å². The highest BCUT2D eigenvalue weighted by Gasteiger charge is 2.35. The van der Waals surface area contributed by atoms with Gasteiger partial charge in [0.15, 0.2) is 0 Å². The first-order valence-corrected chi connectivity index (χ1v) is 6.93. The van der Waals surface area contributed by atoms with Gasteiger partial charge in [0.2, 0.25) is 5.91 Å². The summed E-state index contributed by atoms with van der Waals surface area (Å²) in [5.74, 6) is -0.0753. The maximum Gasteiger partial charge on any atom is 0.302 e. The highest BCUT2D eigenvalue weighted by atomic mass is 32.2. The molecule has 1 heterocycles. The standard InChI is InChI=1S/C12H14N4O3S/c1-14-12(13)20-10-5-6-15(11(10)17)8-3-2-4-9(7-8)16(18)19/h2-4,7,10H,5-6H2,1H3,(H2,13,14)/p+1. The number of nitro groups is 1. The zero-order chi connectivity index (χ0) is 14.7. The fourth-order valence-corrected chi connectivity index (χ4v) is 2.88. The number of amidine groups is 1. The number of nitrogens with zero attached hydrogens (tertiary/aromatic N) is 2. The molecule has 1 aromatic rings. The van der Waals surface area contributed by atoms with Crippen LogP contribution in [0.4, 0.5) is 11.4 Å². The molecule has 20 heavy (non-hydrogen) atoms. The molecule has 1 saturated heterocycles. The number of carbonyl (C=O) groups excluding carboxylic acids is 1. The first-order valence-electron chi connectivity index (χ1n) is 6.05. The number of amides is 1. The van der Waals surface area contributed by atoms with Gasteiger partial charge in [0, 0.05) is 18.7 Å². The Morgan fingerprint density at radius 2 is 2.35 bits per heavy atom. The smallest absolute Gasteiger partial charge is 0.302 e. The van der Waals surface area contributed by atoms with Crippen LogP contribution in [0.3, 0.4) is 0 Å². The minimum atomic E-state index is -0.469. The normalized spacial score (nSPS) is 19.4. The second-order valence-corrected chi connectivity index (χ2v) is 5.52. The van der Waals surface area contributed by atoms with E-state index in [1.54, 1.807) is 24.1 Å². The molecule has 7 nitrogen and oxygen atoms in total. The lowest BCUT2D eigenvalue weighted by Gasteiger charge is -2.15. The molecule has 1 atom stereocenters. The molecule has 1 aliphatic rings. The fourth-order valence-electron chi connectivity index (χ4n) is 2.01. The van der Waals surface area contributed by atoms with Crippen molar-refractivity contribution in [3.63, 3.8) is 0 Å². The van der Waals surface area contributed by atoms with E-state index in [-0.39, 0.29) is 16.8 Å². The lowest BCUT2D eigenvalue weighted by molar-refractivity contribution is -0.417. The van der Waals surface area contributed by atoms with Gasteiger partial charge in [-0.15, -0.1) is 0 Å². The van der Waals surface area contributed by atoms with Gasteiger partial charge in [-0.25, -0.2) is 0 Å². The average Bonchev–Trinajstić information content (AvgIpc) is 2.80. The minimum Gasteiger partial charge on any atom is -0.311 e. The van der Waals surface area contributed by atoms with Gasteiger partial charge in [0.25, 0.3) is 5.69 Å². The SMILES string of the molecule is C[NH+]=C(N)SC1CCN(c2cccc([N+](=O)[O-])c2)C1=O. The van der Waals surface area contributed by atoms with Crippen molar-refractivity contribution >= 4 is 34.2 Å². The van der Waals surface area contributed by atoms with Crippen molar-refractivity contribution in [2.24, 2.45) is 5.73 Å². The zero-order valence-corrected chi connectivity index (χ0v) is 11.7. The van der Waals surface area contributed by atoms with Crippen LogP contribution < -0.4 is 15.6 Å². The maximum atomic E-state index is 12.3. The second-order valence-electron chi connectivity index (χ2n) is 4.28. The first kappa shape index (κ1) is 14.3. The van der Waals surface area contributed by atoms with Gasteiger partial charge in [0.1, 0.15) is 0 Å². The average molecular weight is 295 g/mol. The molecule has 3 N–H and O–H groups in total. The van der Waals surface area contributed by atoms with E-state index < -0.39 is 4.92 Å². The Morgan fingerprint density at radius 3 is 3.00 bits per heavy atom. The molecule has 1 aliphatic heterocycles. The number of nitrogens with two attached hydrogens (primary N) is 1. The van der Waals surface area contributed by atoms with Crippen molar-refractivity contribution in [1.29, 1.82) is 0 Å². The number of rotatable bonds is 3. The number of anilines is 1. The summed E-state index contributed by atoms with van der Waals surface area (Å²) in [6.07, 6.45) is 0.661. The van der Waals surface area contributed by atoms with Crippen molar-refractivity contribution in [2.45, 2.75) is 11.7 Å². The third-order valence-electron chi connectivity index (χ3n) is 3.02. The summed E-state index contributed by atoms with van der Waals surface area (Å²) in [7, 11) is 1.69. The highest BCUT2D eigenvalue weighted by molar-refractivity contribution is 8.14. The van der Waals surface area contributed by atoms with Crippen molar-refractivity contribution in [3.05, 3.63) is 34.4 Å². The number of carbonyl (C=O) groups is 1. The van der Waals surface area contributed by atoms with Gasteiger partial charge >= 0.3 is 5.17 Å². The topological polar surface area (TPSA) is 103 Å². The highest BCUT2D eigenvalue weighted by Crippen LogP contribution is 2.29. The molecule has 1 fully saturated rings. The number of nitrogens with one attached hydrogen (secondary N) is 1. The van der Waals surface area contributed by atoms with Crippen LogP contribution >= 0.6 is 11.8 Å². The number of hydrogen-bond acceptors (Lipinski definition) is 4. The number of hydrogen-bond donors (Lipinski definition) is 2. The molecule has 0 radical (unpaired) electrons. The molecular weight excluding hydrogens is 280 g/mol. The van der Waals surface area contributed by atoms with E-state index in [1.165, 1.54) is 23.9 Å². The number of benzene rings is 1. The molecule has 0 spiro atoms. The first-order chi connectivity index (χ1) is 9.52. The van der Waals surface area contributed by atoms with Crippen molar-refractivity contribution in [2.75, 3.05) is 18.5 Å². The zero-order valence-electron chi connectivity index (χ0n) is 10.9. The van der Waals surface area contributed by atoms with Gasteiger partial charge < -0.3 is 4.90 Å². The lowest BCUT2D eigenvalue weighted by atomic mass is 10.2. The van der Waals surface area contributed by atoms with E-state index >= 15 is 0 Å². The van der Waals surface area contributed by atoms with Crippen LogP contribution in [0.15, 0.2) is 24.3 Å². The summed E-state index contributed by atoms with van der Waals surface area (Å²) in [6.45, 7) is 0.536. The third-order valence-corrected chi connectivity index (χ3v) is 4.20. The van der Waals surface area contributed by atoms with Crippen LogP contribution in [-0.2, 0) is 4.79 Å². The summed E-state index contributed by atoms with van der Waals surface area (Å²) in [5, 5.41) is 11.0. The van der Waals surface area contributed by atoms with E-state index in [1.807, 2.05) is 0 Å². The molecule has 1 aromatic carbocycles. The Bertz CT molecular complexity index is 576. The van der Waals surface area contributed by atoms with Crippen LogP contribution in [0.2, 0.25) is 0 Å². The van der Waals surface area contributed by atoms with E-state index in [4.69, 9.17) is 5.73 Å². The molecule has 0 aliphatic carbocycles. The molecular formula is C12H15N4O3S+. The Labute approximate surface area is 120 Å². The Balaban J connectivity index is 2.17. The summed E-state index contributed by atoms with van der Waals surface area (Å²) in [4.78, 5) is 26.9. The third kappa shape index (κ3) is 2.90. The van der Waals surface area contributed by atoms with Gasteiger partial charge in [-0.2, -0.15) is 0 Å². The Morgan fingerprint density at radius 1 is 1.60 bits per heavy atom. The minimum absolute atomic E-state index is 0.0206. The summed E-state index contributed by atoms with van der Waals surface area (Å²) in [5.41, 5.74) is 6.20.